The van der Waals surface area contributed by atoms with Crippen LogP contribution in [0.25, 0.3) is 0 Å². The highest BCUT2D eigenvalue weighted by atomic mass is 32.2. The number of rotatable bonds is 7. The van der Waals surface area contributed by atoms with E-state index in [1.165, 1.54) is 0 Å². The van der Waals surface area contributed by atoms with Crippen molar-refractivity contribution in [2.45, 2.75) is 16.2 Å². The molecule has 0 amide bonds. The molecule has 2 aromatic rings. The standard InChI is InChI=1S/C15H17NO8S2/c17-12-4-2-10(8-14(12)19)25(21,22)7-1-6-16-26(23,24)11-3-5-13(18)15(20)9-11/h2-5,8-9,16-20H,1,6-7H2. The van der Waals surface area contributed by atoms with Crippen molar-refractivity contribution in [3.63, 3.8) is 0 Å². The third-order valence-electron chi connectivity index (χ3n) is 3.45. The number of phenolic OH excluding ortho intramolecular Hbond substituents is 4. The molecule has 2 rings (SSSR count). The van der Waals surface area contributed by atoms with Gasteiger partial charge in [-0.2, -0.15) is 0 Å². The zero-order valence-electron chi connectivity index (χ0n) is 13.3. The number of sulfone groups is 1. The van der Waals surface area contributed by atoms with E-state index in [4.69, 9.17) is 0 Å². The lowest BCUT2D eigenvalue weighted by atomic mass is 10.3. The number of hydrogen-bond acceptors (Lipinski definition) is 8. The Hall–Kier alpha value is -2.50. The summed E-state index contributed by atoms with van der Waals surface area (Å²) in [5.41, 5.74) is 0. The van der Waals surface area contributed by atoms with E-state index >= 15 is 0 Å². The average Bonchev–Trinajstić information content (AvgIpc) is 2.56. The van der Waals surface area contributed by atoms with E-state index in [1.807, 2.05) is 0 Å². The maximum Gasteiger partial charge on any atom is 0.240 e. The molecule has 5 N–H and O–H groups in total. The molecule has 0 saturated carbocycles. The van der Waals surface area contributed by atoms with Crippen LogP contribution in [0, 0.1) is 0 Å². The monoisotopic (exact) mass is 403 g/mol. The number of sulfonamides is 1. The third kappa shape index (κ3) is 4.56. The van der Waals surface area contributed by atoms with Crippen molar-refractivity contribution < 1.29 is 37.3 Å². The molecule has 0 aromatic heterocycles. The van der Waals surface area contributed by atoms with Crippen molar-refractivity contribution >= 4 is 19.9 Å². The van der Waals surface area contributed by atoms with Crippen LogP contribution in [0.2, 0.25) is 0 Å². The molecule has 0 atom stereocenters. The van der Waals surface area contributed by atoms with Crippen LogP contribution in [0.4, 0.5) is 0 Å². The second-order valence-corrected chi connectivity index (χ2v) is 9.25. The van der Waals surface area contributed by atoms with Crippen molar-refractivity contribution in [3.05, 3.63) is 36.4 Å². The van der Waals surface area contributed by atoms with Crippen molar-refractivity contribution in [1.82, 2.24) is 4.72 Å². The lowest BCUT2D eigenvalue weighted by Crippen LogP contribution is -2.26. The highest BCUT2D eigenvalue weighted by molar-refractivity contribution is 7.91. The molecule has 11 heteroatoms. The maximum absolute atomic E-state index is 12.1. The van der Waals surface area contributed by atoms with Crippen LogP contribution < -0.4 is 4.72 Å². The van der Waals surface area contributed by atoms with E-state index in [1.54, 1.807) is 0 Å². The Labute approximate surface area is 150 Å². The van der Waals surface area contributed by atoms with E-state index in [0.717, 1.165) is 36.4 Å². The van der Waals surface area contributed by atoms with Crippen molar-refractivity contribution in [1.29, 1.82) is 0 Å². The molecule has 0 bridgehead atoms. The molecule has 0 aliphatic heterocycles. The summed E-state index contributed by atoms with van der Waals surface area (Å²) < 4.78 is 50.6. The highest BCUT2D eigenvalue weighted by Gasteiger charge is 2.18. The van der Waals surface area contributed by atoms with Gasteiger partial charge in [-0.25, -0.2) is 21.6 Å². The number of hydrogen-bond donors (Lipinski definition) is 5. The molecule has 142 valence electrons. The summed E-state index contributed by atoms with van der Waals surface area (Å²) in [5, 5.41) is 37.1. The first-order valence-electron chi connectivity index (χ1n) is 7.29. The first-order chi connectivity index (χ1) is 12.0. The molecule has 0 radical (unpaired) electrons. The molecule has 26 heavy (non-hydrogen) atoms. The van der Waals surface area contributed by atoms with E-state index in [2.05, 4.69) is 4.72 Å². The summed E-state index contributed by atoms with van der Waals surface area (Å²) in [6.45, 7) is -0.187. The first kappa shape index (κ1) is 19.8. The van der Waals surface area contributed by atoms with E-state index in [9.17, 15) is 37.3 Å². The quantitative estimate of drug-likeness (QED) is 0.332. The van der Waals surface area contributed by atoms with Gasteiger partial charge in [0.2, 0.25) is 10.0 Å². The molecule has 0 aliphatic carbocycles. The van der Waals surface area contributed by atoms with Crippen LogP contribution in [0.1, 0.15) is 6.42 Å². The molecule has 0 unspecified atom stereocenters. The fraction of sp³-hybridized carbons (Fsp3) is 0.200. The van der Waals surface area contributed by atoms with Gasteiger partial charge in [-0.05, 0) is 30.7 Å². The zero-order valence-corrected chi connectivity index (χ0v) is 15.0. The lowest BCUT2D eigenvalue weighted by Gasteiger charge is -2.09. The Kier molecular flexibility index (Phi) is 5.64. The minimum atomic E-state index is -3.98. The van der Waals surface area contributed by atoms with E-state index in [0.29, 0.717) is 0 Å². The van der Waals surface area contributed by atoms with Gasteiger partial charge in [0.1, 0.15) is 0 Å². The number of phenols is 4. The molecule has 0 heterocycles. The molecular formula is C15H17NO8S2. The number of aromatic hydroxyl groups is 4. The maximum atomic E-state index is 12.1. The molecule has 0 spiro atoms. The van der Waals surface area contributed by atoms with Crippen LogP contribution in [0.15, 0.2) is 46.2 Å². The summed E-state index contributed by atoms with van der Waals surface area (Å²) in [6, 6.07) is 6.07. The smallest absolute Gasteiger partial charge is 0.240 e. The van der Waals surface area contributed by atoms with Gasteiger partial charge in [-0.1, -0.05) is 0 Å². The van der Waals surface area contributed by atoms with Crippen molar-refractivity contribution in [2.75, 3.05) is 12.3 Å². The van der Waals surface area contributed by atoms with E-state index < -0.39 is 42.9 Å². The highest BCUT2D eigenvalue weighted by Crippen LogP contribution is 2.28. The molecule has 2 aromatic carbocycles. The van der Waals surface area contributed by atoms with Gasteiger partial charge in [-0.15, -0.1) is 0 Å². The third-order valence-corrected chi connectivity index (χ3v) is 6.70. The lowest BCUT2D eigenvalue weighted by molar-refractivity contribution is 0.402. The summed E-state index contributed by atoms with van der Waals surface area (Å²) in [7, 11) is -7.76. The minimum Gasteiger partial charge on any atom is -0.504 e. The summed E-state index contributed by atoms with van der Waals surface area (Å²) in [6.07, 6.45) is -0.0483. The van der Waals surface area contributed by atoms with Crippen molar-refractivity contribution in [2.24, 2.45) is 0 Å². The van der Waals surface area contributed by atoms with Gasteiger partial charge < -0.3 is 20.4 Å². The van der Waals surface area contributed by atoms with Crippen LogP contribution in [0.3, 0.4) is 0 Å². The number of benzene rings is 2. The normalized spacial score (nSPS) is 12.2. The predicted octanol–water partition coefficient (Wildman–Crippen LogP) is 0.651. The Morgan fingerprint density at radius 1 is 0.731 bits per heavy atom. The second kappa shape index (κ2) is 7.40. The Balaban J connectivity index is 1.98. The first-order valence-corrected chi connectivity index (χ1v) is 10.4. The molecular weight excluding hydrogens is 386 g/mol. The zero-order chi connectivity index (χ0) is 19.5. The molecule has 0 aliphatic rings. The fourth-order valence-electron chi connectivity index (χ4n) is 2.04. The second-order valence-electron chi connectivity index (χ2n) is 5.37. The summed E-state index contributed by atoms with van der Waals surface area (Å²) in [4.78, 5) is -0.474. The minimum absolute atomic E-state index is 0.0483. The molecule has 9 nitrogen and oxygen atoms in total. The Morgan fingerprint density at radius 3 is 1.77 bits per heavy atom. The predicted molar refractivity (Wildman–Crippen MR) is 91.4 cm³/mol. The van der Waals surface area contributed by atoms with Crippen LogP contribution in [0.5, 0.6) is 23.0 Å². The summed E-state index contributed by atoms with van der Waals surface area (Å²) >= 11 is 0. The van der Waals surface area contributed by atoms with Crippen LogP contribution in [-0.2, 0) is 19.9 Å². The van der Waals surface area contributed by atoms with Gasteiger partial charge in [0.15, 0.2) is 32.8 Å². The SMILES string of the molecule is O=S(=O)(CCCNS(=O)(=O)c1ccc(O)c(O)c1)c1ccc(O)c(O)c1. The van der Waals surface area contributed by atoms with Gasteiger partial charge >= 0.3 is 0 Å². The fourth-order valence-corrected chi connectivity index (χ4v) is 4.46. The van der Waals surface area contributed by atoms with Gasteiger partial charge in [0, 0.05) is 18.7 Å². The van der Waals surface area contributed by atoms with Gasteiger partial charge in [0.05, 0.1) is 15.5 Å². The van der Waals surface area contributed by atoms with E-state index in [-0.39, 0.29) is 28.5 Å². The largest absolute Gasteiger partial charge is 0.504 e. The Bertz CT molecular complexity index is 932. The summed E-state index contributed by atoms with van der Waals surface area (Å²) in [5.74, 6) is -2.47. The molecule has 0 fully saturated rings. The van der Waals surface area contributed by atoms with Crippen LogP contribution in [-0.4, -0.2) is 49.6 Å². The Morgan fingerprint density at radius 2 is 1.23 bits per heavy atom. The topological polar surface area (TPSA) is 161 Å². The molecule has 0 saturated heterocycles. The van der Waals surface area contributed by atoms with Gasteiger partial charge in [0.25, 0.3) is 0 Å². The van der Waals surface area contributed by atoms with Crippen LogP contribution >= 0.6 is 0 Å². The number of nitrogens with one attached hydrogen (secondary N) is 1. The average molecular weight is 403 g/mol. The van der Waals surface area contributed by atoms with Crippen molar-refractivity contribution in [3.8, 4) is 23.0 Å². The van der Waals surface area contributed by atoms with Gasteiger partial charge in [-0.3, -0.25) is 0 Å².